The molecule has 2 rings (SSSR count). The Kier molecular flexibility index (Phi) is 4.10. The number of hydrogen-bond donors (Lipinski definition) is 1. The summed E-state index contributed by atoms with van der Waals surface area (Å²) in [6.07, 6.45) is 0. The zero-order valence-electron chi connectivity index (χ0n) is 12.3. The molecule has 0 aliphatic carbocycles. The first-order chi connectivity index (χ1) is 9.75. The van der Waals surface area contributed by atoms with Gasteiger partial charge in [0.1, 0.15) is 17.5 Å². The van der Waals surface area contributed by atoms with Crippen molar-refractivity contribution in [3.8, 4) is 0 Å². The standard InChI is InChI=1S/C17H18F3N/c1-10-4-9-13(19)14(15(10)20)16(21)17(2,3)11-5-7-12(18)8-6-11/h4-9,16H,21H2,1-3H3. The van der Waals surface area contributed by atoms with E-state index in [1.54, 1.807) is 32.9 Å². The maximum absolute atomic E-state index is 14.2. The first-order valence-corrected chi connectivity index (χ1v) is 6.71. The van der Waals surface area contributed by atoms with E-state index in [4.69, 9.17) is 5.73 Å². The summed E-state index contributed by atoms with van der Waals surface area (Å²) in [5.41, 5.74) is 6.32. The SMILES string of the molecule is Cc1ccc(F)c(C(N)C(C)(C)c2ccc(F)cc2)c1F. The fourth-order valence-electron chi connectivity index (χ4n) is 2.38. The van der Waals surface area contributed by atoms with Gasteiger partial charge in [0.25, 0.3) is 0 Å². The molecular weight excluding hydrogens is 275 g/mol. The molecule has 0 saturated heterocycles. The van der Waals surface area contributed by atoms with Gasteiger partial charge in [-0.15, -0.1) is 0 Å². The third kappa shape index (κ3) is 2.81. The predicted molar refractivity (Wildman–Crippen MR) is 77.4 cm³/mol. The van der Waals surface area contributed by atoms with Crippen LogP contribution in [0.15, 0.2) is 36.4 Å². The second kappa shape index (κ2) is 5.53. The molecule has 0 radical (unpaired) electrons. The van der Waals surface area contributed by atoms with Crippen molar-refractivity contribution < 1.29 is 13.2 Å². The number of aryl methyl sites for hydroxylation is 1. The van der Waals surface area contributed by atoms with Gasteiger partial charge in [0.05, 0.1) is 0 Å². The maximum Gasteiger partial charge on any atom is 0.133 e. The van der Waals surface area contributed by atoms with Crippen LogP contribution in [0.3, 0.4) is 0 Å². The van der Waals surface area contributed by atoms with Crippen LogP contribution in [0.4, 0.5) is 13.2 Å². The fraction of sp³-hybridized carbons (Fsp3) is 0.294. The largest absolute Gasteiger partial charge is 0.323 e. The first-order valence-electron chi connectivity index (χ1n) is 6.71. The van der Waals surface area contributed by atoms with Gasteiger partial charge in [-0.1, -0.05) is 32.0 Å². The highest BCUT2D eigenvalue weighted by atomic mass is 19.1. The molecule has 4 heteroatoms. The normalized spacial score (nSPS) is 13.3. The zero-order chi connectivity index (χ0) is 15.8. The molecule has 1 atom stereocenters. The Morgan fingerprint density at radius 2 is 1.52 bits per heavy atom. The van der Waals surface area contributed by atoms with Crippen LogP contribution >= 0.6 is 0 Å². The molecule has 1 unspecified atom stereocenters. The Balaban J connectivity index is 2.50. The van der Waals surface area contributed by atoms with Crippen molar-refractivity contribution in [1.82, 2.24) is 0 Å². The minimum atomic E-state index is -0.886. The molecule has 112 valence electrons. The van der Waals surface area contributed by atoms with Gasteiger partial charge in [0.15, 0.2) is 0 Å². The number of nitrogens with two attached hydrogens (primary N) is 1. The number of halogens is 3. The van der Waals surface area contributed by atoms with Crippen LogP contribution in [0.5, 0.6) is 0 Å². The Labute approximate surface area is 122 Å². The summed E-state index contributed by atoms with van der Waals surface area (Å²) in [5.74, 6) is -1.66. The second-order valence-corrected chi connectivity index (χ2v) is 5.80. The van der Waals surface area contributed by atoms with Crippen molar-refractivity contribution in [2.75, 3.05) is 0 Å². The molecule has 0 aliphatic heterocycles. The first kappa shape index (κ1) is 15.6. The monoisotopic (exact) mass is 293 g/mol. The molecule has 2 N–H and O–H groups in total. The third-order valence-electron chi connectivity index (χ3n) is 4.00. The topological polar surface area (TPSA) is 26.0 Å². The highest BCUT2D eigenvalue weighted by Gasteiger charge is 2.33. The summed E-state index contributed by atoms with van der Waals surface area (Å²) < 4.78 is 41.3. The minimum Gasteiger partial charge on any atom is -0.323 e. The molecule has 0 fully saturated rings. The van der Waals surface area contributed by atoms with Gasteiger partial charge in [-0.3, -0.25) is 0 Å². The number of benzene rings is 2. The molecule has 0 heterocycles. The van der Waals surface area contributed by atoms with E-state index in [0.29, 0.717) is 5.56 Å². The fourth-order valence-corrected chi connectivity index (χ4v) is 2.38. The lowest BCUT2D eigenvalue weighted by molar-refractivity contribution is 0.389. The Hall–Kier alpha value is -1.81. The lowest BCUT2D eigenvalue weighted by Crippen LogP contribution is -2.34. The highest BCUT2D eigenvalue weighted by Crippen LogP contribution is 2.37. The molecule has 21 heavy (non-hydrogen) atoms. The Bertz CT molecular complexity index is 648. The van der Waals surface area contributed by atoms with E-state index in [2.05, 4.69) is 0 Å². The smallest absolute Gasteiger partial charge is 0.133 e. The summed E-state index contributed by atoms with van der Waals surface area (Å²) in [5, 5.41) is 0. The summed E-state index contributed by atoms with van der Waals surface area (Å²) in [4.78, 5) is 0. The molecule has 0 aliphatic rings. The second-order valence-electron chi connectivity index (χ2n) is 5.80. The molecule has 0 aromatic heterocycles. The summed E-state index contributed by atoms with van der Waals surface area (Å²) in [7, 11) is 0. The van der Waals surface area contributed by atoms with Gasteiger partial charge in [-0.25, -0.2) is 13.2 Å². The molecule has 0 saturated carbocycles. The van der Waals surface area contributed by atoms with E-state index in [9.17, 15) is 13.2 Å². The molecule has 0 amide bonds. The lowest BCUT2D eigenvalue weighted by Gasteiger charge is -2.33. The van der Waals surface area contributed by atoms with Crippen LogP contribution in [0.1, 0.15) is 36.6 Å². The van der Waals surface area contributed by atoms with Gasteiger partial charge < -0.3 is 5.73 Å². The van der Waals surface area contributed by atoms with E-state index < -0.39 is 23.1 Å². The molecular formula is C17H18F3N. The molecule has 2 aromatic rings. The van der Waals surface area contributed by atoms with Crippen LogP contribution in [0.2, 0.25) is 0 Å². The summed E-state index contributed by atoms with van der Waals surface area (Å²) in [6, 6.07) is 7.50. The van der Waals surface area contributed by atoms with Crippen LogP contribution in [-0.2, 0) is 5.41 Å². The average Bonchev–Trinajstić information content (AvgIpc) is 2.43. The lowest BCUT2D eigenvalue weighted by atomic mass is 9.75. The van der Waals surface area contributed by atoms with E-state index in [0.717, 1.165) is 5.56 Å². The van der Waals surface area contributed by atoms with Crippen molar-refractivity contribution >= 4 is 0 Å². The molecule has 1 nitrogen and oxygen atoms in total. The van der Waals surface area contributed by atoms with Crippen LogP contribution < -0.4 is 5.73 Å². The quantitative estimate of drug-likeness (QED) is 0.892. The Morgan fingerprint density at radius 1 is 0.952 bits per heavy atom. The van der Waals surface area contributed by atoms with Gasteiger partial charge in [0.2, 0.25) is 0 Å². The van der Waals surface area contributed by atoms with Gasteiger partial charge in [0, 0.05) is 17.0 Å². The maximum atomic E-state index is 14.2. The van der Waals surface area contributed by atoms with Gasteiger partial charge >= 0.3 is 0 Å². The van der Waals surface area contributed by atoms with Crippen LogP contribution in [0, 0.1) is 24.4 Å². The average molecular weight is 293 g/mol. The van der Waals surface area contributed by atoms with Crippen molar-refractivity contribution in [2.24, 2.45) is 5.73 Å². The van der Waals surface area contributed by atoms with Crippen molar-refractivity contribution in [3.63, 3.8) is 0 Å². The summed E-state index contributed by atoms with van der Waals surface area (Å²) in [6.45, 7) is 5.13. The van der Waals surface area contributed by atoms with Crippen molar-refractivity contribution in [1.29, 1.82) is 0 Å². The van der Waals surface area contributed by atoms with Crippen molar-refractivity contribution in [3.05, 3.63) is 70.5 Å². The van der Waals surface area contributed by atoms with Crippen LogP contribution in [0.25, 0.3) is 0 Å². The predicted octanol–water partition coefficient (Wildman–Crippen LogP) is 4.39. The van der Waals surface area contributed by atoms with Crippen molar-refractivity contribution in [2.45, 2.75) is 32.2 Å². The van der Waals surface area contributed by atoms with E-state index in [1.165, 1.54) is 24.3 Å². The third-order valence-corrected chi connectivity index (χ3v) is 4.00. The number of rotatable bonds is 3. The summed E-state index contributed by atoms with van der Waals surface area (Å²) >= 11 is 0. The minimum absolute atomic E-state index is 0.135. The van der Waals surface area contributed by atoms with Gasteiger partial charge in [-0.2, -0.15) is 0 Å². The van der Waals surface area contributed by atoms with Gasteiger partial charge in [-0.05, 0) is 36.2 Å². The number of hydrogen-bond acceptors (Lipinski definition) is 1. The zero-order valence-corrected chi connectivity index (χ0v) is 12.3. The highest BCUT2D eigenvalue weighted by molar-refractivity contribution is 5.35. The van der Waals surface area contributed by atoms with E-state index in [1.807, 2.05) is 0 Å². The Morgan fingerprint density at radius 3 is 2.10 bits per heavy atom. The molecule has 2 aromatic carbocycles. The van der Waals surface area contributed by atoms with E-state index in [-0.39, 0.29) is 11.4 Å². The molecule has 0 spiro atoms. The van der Waals surface area contributed by atoms with E-state index >= 15 is 0 Å². The van der Waals surface area contributed by atoms with Crippen LogP contribution in [-0.4, -0.2) is 0 Å². The molecule has 0 bridgehead atoms.